The van der Waals surface area contributed by atoms with Crippen LogP contribution in [0.2, 0.25) is 0 Å². The van der Waals surface area contributed by atoms with Crippen molar-refractivity contribution in [3.8, 4) is 11.3 Å². The molecule has 2 heterocycles. The molecular formula is C38H44N3O11P. The Labute approximate surface area is 306 Å². The van der Waals surface area contributed by atoms with E-state index in [1.807, 2.05) is 52.0 Å². The van der Waals surface area contributed by atoms with Crippen LogP contribution in [0.4, 0.5) is 5.69 Å². The maximum Gasteiger partial charge on any atom is 0.469 e. The van der Waals surface area contributed by atoms with E-state index < -0.39 is 31.0 Å². The largest absolute Gasteiger partial charge is 0.469 e. The number of carbonyl (C=O) groups excluding carboxylic acids is 4. The van der Waals surface area contributed by atoms with E-state index in [4.69, 9.17) is 23.8 Å². The van der Waals surface area contributed by atoms with Crippen molar-refractivity contribution in [3.63, 3.8) is 0 Å². The van der Waals surface area contributed by atoms with Crippen molar-refractivity contribution in [3.05, 3.63) is 76.2 Å². The molecule has 0 spiro atoms. The number of unbranched alkanes of at least 4 members (excludes halogenated alkanes) is 1. The lowest BCUT2D eigenvalue weighted by Crippen LogP contribution is -2.35. The van der Waals surface area contributed by atoms with Gasteiger partial charge >= 0.3 is 13.8 Å². The topological polar surface area (TPSA) is 194 Å². The molecule has 282 valence electrons. The monoisotopic (exact) mass is 749 g/mol. The smallest absolute Gasteiger partial charge is 0.465 e. The Bertz CT molecular complexity index is 2080. The number of aldehydes is 1. The first-order valence-corrected chi connectivity index (χ1v) is 19.0. The number of aryl methyl sites for hydroxylation is 2. The lowest BCUT2D eigenvalue weighted by Gasteiger charge is -2.24. The van der Waals surface area contributed by atoms with E-state index >= 15 is 0 Å². The number of carbonyl (C=O) groups is 4. The molecule has 0 radical (unpaired) electrons. The van der Waals surface area contributed by atoms with Crippen molar-refractivity contribution in [2.45, 2.75) is 59.8 Å². The van der Waals surface area contributed by atoms with Crippen molar-refractivity contribution in [2.75, 3.05) is 38.2 Å². The van der Waals surface area contributed by atoms with Crippen molar-refractivity contribution in [1.82, 2.24) is 5.06 Å². The van der Waals surface area contributed by atoms with Crippen LogP contribution < -0.4 is 10.7 Å². The van der Waals surface area contributed by atoms with Gasteiger partial charge in [-0.3, -0.25) is 28.7 Å². The molecule has 0 saturated carbocycles. The third-order valence-corrected chi connectivity index (χ3v) is 9.34. The zero-order valence-electron chi connectivity index (χ0n) is 30.2. The second kappa shape index (κ2) is 17.0. The Balaban J connectivity index is 1.62. The summed E-state index contributed by atoms with van der Waals surface area (Å²) in [6, 6.07) is 7.79. The van der Waals surface area contributed by atoms with Crippen molar-refractivity contribution in [2.24, 2.45) is 10.4 Å². The third-order valence-electron chi connectivity index (χ3n) is 8.82. The molecule has 2 aliphatic heterocycles. The van der Waals surface area contributed by atoms with Crippen molar-refractivity contribution < 1.29 is 52.0 Å². The number of hydrogen-bond donors (Lipinski definition) is 3. The number of anilines is 1. The van der Waals surface area contributed by atoms with E-state index in [1.165, 1.54) is 0 Å². The molecule has 4 aliphatic rings. The SMILES string of the molecule is CCN=c1cc2oc3cc(NCC)c(C)cc3c(C3=CC(C=O)(CON4C(=O)CCC4=O)C=CC(CC(=O)OCCCCOP(=O)(O)O)=C3)c-2cc1C. The minimum atomic E-state index is -4.58. The van der Waals surface area contributed by atoms with Gasteiger partial charge in [-0.05, 0) is 74.9 Å². The number of phosphoric acid groups is 1. The highest BCUT2D eigenvalue weighted by Gasteiger charge is 2.35. The number of nitrogens with one attached hydrogen (secondary N) is 1. The summed E-state index contributed by atoms with van der Waals surface area (Å²) in [7, 11) is -4.58. The maximum atomic E-state index is 13.1. The quantitative estimate of drug-likeness (QED) is 0.0418. The fourth-order valence-electron chi connectivity index (χ4n) is 6.23. The number of esters is 1. The molecule has 1 saturated heterocycles. The van der Waals surface area contributed by atoms with E-state index in [1.54, 1.807) is 24.3 Å². The molecule has 3 N–H and O–H groups in total. The van der Waals surface area contributed by atoms with Gasteiger partial charge in [-0.25, -0.2) is 4.57 Å². The average Bonchev–Trinajstić information content (AvgIpc) is 3.31. The molecule has 1 aromatic rings. The molecule has 2 aliphatic carbocycles. The minimum absolute atomic E-state index is 0.000341. The molecule has 5 rings (SSSR count). The van der Waals surface area contributed by atoms with Gasteiger partial charge in [0.1, 0.15) is 17.6 Å². The predicted octanol–water partition coefficient (Wildman–Crippen LogP) is 5.48. The zero-order chi connectivity index (χ0) is 38.3. The normalized spacial score (nSPS) is 18.1. The van der Waals surface area contributed by atoms with Gasteiger partial charge < -0.3 is 29.1 Å². The summed E-state index contributed by atoms with van der Waals surface area (Å²) in [4.78, 5) is 79.1. The number of amides is 2. The van der Waals surface area contributed by atoms with Gasteiger partial charge in [-0.15, -0.1) is 0 Å². The number of benzene rings is 2. The number of imide groups is 1. The third kappa shape index (κ3) is 9.64. The number of nitrogens with zero attached hydrogens (tertiary/aromatic N) is 2. The van der Waals surface area contributed by atoms with Crippen molar-refractivity contribution >= 4 is 54.1 Å². The van der Waals surface area contributed by atoms with Gasteiger partial charge in [0.15, 0.2) is 0 Å². The standard InChI is InChI=1S/C38H44N3O11P/c1-5-39-30-19-32-28(15-24(30)3)37(29-16-25(4)31(40-6-2)20-33(29)52-32)27-17-26(18-36(45)49-13-7-8-14-51-53(46,47)48)11-12-38(21-27,22-42)23-50-41-34(43)9-10-35(41)44/h11-12,15-17,19-22,39H,5-10,13-14,18,23H2,1-4H3,(H2,46,47,48). The van der Waals surface area contributed by atoms with Crippen molar-refractivity contribution in [1.29, 1.82) is 0 Å². The average molecular weight is 750 g/mol. The summed E-state index contributed by atoms with van der Waals surface area (Å²) in [5.41, 5.74) is 4.34. The van der Waals surface area contributed by atoms with Gasteiger partial charge in [-0.2, -0.15) is 5.06 Å². The summed E-state index contributed by atoms with van der Waals surface area (Å²) in [6.45, 7) is 8.58. The van der Waals surface area contributed by atoms with Gasteiger partial charge in [0.2, 0.25) is 0 Å². The molecule has 2 amide bonds. The second-order valence-electron chi connectivity index (χ2n) is 12.9. The fourth-order valence-corrected chi connectivity index (χ4v) is 6.60. The van der Waals surface area contributed by atoms with E-state index in [9.17, 15) is 23.7 Å². The van der Waals surface area contributed by atoms with Crippen LogP contribution in [0.5, 0.6) is 0 Å². The molecular weight excluding hydrogens is 705 g/mol. The molecule has 1 aromatic carbocycles. The molecule has 15 heteroatoms. The number of ether oxygens (including phenoxy) is 1. The van der Waals surface area contributed by atoms with E-state index in [-0.39, 0.29) is 45.5 Å². The molecule has 0 bridgehead atoms. The summed E-state index contributed by atoms with van der Waals surface area (Å²) < 4.78 is 27.3. The Kier molecular flexibility index (Phi) is 12.6. The molecule has 0 aromatic heterocycles. The van der Waals surface area contributed by atoms with Gasteiger partial charge in [0, 0.05) is 60.3 Å². The first-order valence-electron chi connectivity index (χ1n) is 17.5. The highest BCUT2D eigenvalue weighted by atomic mass is 31.2. The number of rotatable bonds is 16. The molecule has 1 fully saturated rings. The number of allylic oxidation sites excluding steroid dienone is 3. The maximum absolute atomic E-state index is 13.1. The summed E-state index contributed by atoms with van der Waals surface area (Å²) >= 11 is 0. The number of hydroxylamine groups is 2. The molecule has 53 heavy (non-hydrogen) atoms. The zero-order valence-corrected chi connectivity index (χ0v) is 31.1. The highest BCUT2D eigenvalue weighted by molar-refractivity contribution is 7.46. The minimum Gasteiger partial charge on any atom is -0.465 e. The van der Waals surface area contributed by atoms with Crippen LogP contribution in [0.15, 0.2) is 63.6 Å². The van der Waals surface area contributed by atoms with E-state index in [0.717, 1.165) is 38.7 Å². The summed E-state index contributed by atoms with van der Waals surface area (Å²) in [5.74, 6) is -1.01. The Morgan fingerprint density at radius 1 is 1.08 bits per heavy atom. The van der Waals surface area contributed by atoms with Crippen LogP contribution in [0, 0.1) is 19.3 Å². The number of phosphoric ester groups is 1. The summed E-state index contributed by atoms with van der Waals surface area (Å²) in [5, 5.41) is 5.59. The molecule has 1 atom stereocenters. The lowest BCUT2D eigenvalue weighted by atomic mass is 9.84. The van der Waals surface area contributed by atoms with Gasteiger partial charge in [-0.1, -0.05) is 24.3 Å². The van der Waals surface area contributed by atoms with Crippen LogP contribution in [-0.2, 0) is 37.8 Å². The second-order valence-corrected chi connectivity index (χ2v) is 14.2. The molecule has 1 unspecified atom stereocenters. The summed E-state index contributed by atoms with van der Waals surface area (Å²) in [6.07, 6.45) is 7.81. The predicted molar refractivity (Wildman–Crippen MR) is 196 cm³/mol. The first kappa shape index (κ1) is 39.5. The van der Waals surface area contributed by atoms with Crippen LogP contribution in [0.3, 0.4) is 0 Å². The van der Waals surface area contributed by atoms with Crippen LogP contribution in [-0.4, -0.2) is 71.8 Å². The fraction of sp³-hybridized carbons (Fsp3) is 0.395. The Morgan fingerprint density at radius 3 is 2.49 bits per heavy atom. The van der Waals surface area contributed by atoms with Crippen LogP contribution >= 0.6 is 7.82 Å². The Hall–Kier alpha value is -4.72. The highest BCUT2D eigenvalue weighted by Crippen LogP contribution is 2.43. The Morgan fingerprint density at radius 2 is 1.81 bits per heavy atom. The number of fused-ring (bicyclic) bond motifs is 2. The van der Waals surface area contributed by atoms with Gasteiger partial charge in [0.25, 0.3) is 11.8 Å². The van der Waals surface area contributed by atoms with E-state index in [2.05, 4.69) is 14.8 Å². The van der Waals surface area contributed by atoms with Crippen LogP contribution in [0.1, 0.15) is 62.6 Å². The van der Waals surface area contributed by atoms with E-state index in [0.29, 0.717) is 53.3 Å². The number of hydrogen-bond acceptors (Lipinski definition) is 11. The van der Waals surface area contributed by atoms with Crippen LogP contribution in [0.25, 0.3) is 27.9 Å². The lowest BCUT2D eigenvalue weighted by molar-refractivity contribution is -0.192. The first-order chi connectivity index (χ1) is 25.3. The molecule has 14 nitrogen and oxygen atoms in total. The van der Waals surface area contributed by atoms with Gasteiger partial charge in [0.05, 0.1) is 37.0 Å².